The average Bonchev–Trinajstić information content (AvgIpc) is 3.02. The van der Waals surface area contributed by atoms with Gasteiger partial charge in [0, 0.05) is 40.1 Å². The zero-order valence-corrected chi connectivity index (χ0v) is 21.6. The molecule has 5 aromatic rings. The van der Waals surface area contributed by atoms with Crippen molar-refractivity contribution in [1.29, 1.82) is 0 Å². The fourth-order valence-electron chi connectivity index (χ4n) is 6.79. The predicted octanol–water partition coefficient (Wildman–Crippen LogP) is 7.46. The second kappa shape index (κ2) is 8.92. The first kappa shape index (κ1) is 22.2. The van der Waals surface area contributed by atoms with E-state index in [1.165, 1.54) is 56.1 Å². The van der Waals surface area contributed by atoms with Gasteiger partial charge in [-0.25, -0.2) is 0 Å². The summed E-state index contributed by atoms with van der Waals surface area (Å²) in [6, 6.07) is 50.7. The third-order valence-electron chi connectivity index (χ3n) is 8.39. The molecule has 0 spiro atoms. The highest BCUT2D eigenvalue weighted by molar-refractivity contribution is 6.94. The van der Waals surface area contributed by atoms with Gasteiger partial charge in [0.05, 0.1) is 0 Å². The smallest absolute Gasteiger partial charge is 0.251 e. The number of hydrogen-bond donors (Lipinski definition) is 0. The maximum Gasteiger partial charge on any atom is 0.251 e. The van der Waals surface area contributed by atoms with E-state index in [1.807, 2.05) is 0 Å². The van der Waals surface area contributed by atoms with Gasteiger partial charge in [-0.3, -0.25) is 0 Å². The minimum atomic E-state index is 0.190. The first-order valence-corrected chi connectivity index (χ1v) is 13.8. The summed E-state index contributed by atoms with van der Waals surface area (Å²) >= 11 is 0. The van der Waals surface area contributed by atoms with Gasteiger partial charge < -0.3 is 9.80 Å². The third kappa shape index (κ3) is 3.43. The monoisotopic (exact) mass is 498 g/mol. The van der Waals surface area contributed by atoms with Gasteiger partial charge in [0.25, 0.3) is 6.71 Å². The van der Waals surface area contributed by atoms with Crippen LogP contribution in [0.4, 0.5) is 22.7 Å². The van der Waals surface area contributed by atoms with E-state index < -0.39 is 0 Å². The number of hydrogen-bond acceptors (Lipinski definition) is 2. The molecule has 1 unspecified atom stereocenters. The van der Waals surface area contributed by atoms with E-state index in [4.69, 9.17) is 0 Å². The van der Waals surface area contributed by atoms with Gasteiger partial charge in [-0.05, 0) is 64.8 Å². The van der Waals surface area contributed by atoms with Crippen molar-refractivity contribution in [3.63, 3.8) is 0 Å². The summed E-state index contributed by atoms with van der Waals surface area (Å²) in [4.78, 5) is 5.02. The molecule has 39 heavy (non-hydrogen) atoms. The molecule has 2 heterocycles. The van der Waals surface area contributed by atoms with Gasteiger partial charge >= 0.3 is 0 Å². The highest BCUT2D eigenvalue weighted by atomic mass is 15.2. The van der Waals surface area contributed by atoms with Gasteiger partial charge in [-0.2, -0.15) is 0 Å². The molecule has 1 aliphatic carbocycles. The summed E-state index contributed by atoms with van der Waals surface area (Å²) < 4.78 is 0. The van der Waals surface area contributed by atoms with Crippen LogP contribution in [0.2, 0.25) is 0 Å². The molecule has 2 nitrogen and oxygen atoms in total. The molecular weight excluding hydrogens is 471 g/mol. The lowest BCUT2D eigenvalue weighted by Crippen LogP contribution is -2.57. The fourth-order valence-corrected chi connectivity index (χ4v) is 6.79. The van der Waals surface area contributed by atoms with Crippen molar-refractivity contribution >= 4 is 40.4 Å². The largest absolute Gasteiger partial charge is 0.315 e. The Labute approximate surface area is 230 Å². The molecule has 0 aromatic heterocycles. The van der Waals surface area contributed by atoms with Crippen molar-refractivity contribution < 1.29 is 0 Å². The zero-order valence-electron chi connectivity index (χ0n) is 21.6. The lowest BCUT2D eigenvalue weighted by Gasteiger charge is -2.48. The van der Waals surface area contributed by atoms with Crippen LogP contribution in [0.1, 0.15) is 17.9 Å². The Hall–Kier alpha value is -4.76. The van der Waals surface area contributed by atoms with Crippen LogP contribution in [0.15, 0.2) is 162 Å². The Bertz CT molecular complexity index is 1740. The number of benzene rings is 5. The van der Waals surface area contributed by atoms with Crippen LogP contribution in [0.5, 0.6) is 0 Å². The van der Waals surface area contributed by atoms with Gasteiger partial charge in [-0.15, -0.1) is 0 Å². The highest BCUT2D eigenvalue weighted by Crippen LogP contribution is 2.49. The standard InChI is InChI=1S/C36H27BN2/c1-4-14-26(15-5-1)27-24-34-36-35(25-27)39(29-18-8-3-9-19-29)33-23-13-11-21-31(33)37(36)30-20-10-12-22-32(30)38(34)28-16-6-2-7-17-28/h1-24,27H,25H2. The minimum Gasteiger partial charge on any atom is -0.315 e. The normalized spacial score (nSPS) is 17.3. The molecule has 3 aliphatic rings. The summed E-state index contributed by atoms with van der Waals surface area (Å²) in [5.74, 6) is 0.272. The second-order valence-corrected chi connectivity index (χ2v) is 10.5. The van der Waals surface area contributed by atoms with Gasteiger partial charge in [0.2, 0.25) is 0 Å². The van der Waals surface area contributed by atoms with Crippen LogP contribution in [-0.4, -0.2) is 6.71 Å². The molecule has 0 fully saturated rings. The molecule has 184 valence electrons. The molecule has 0 amide bonds. The van der Waals surface area contributed by atoms with Crippen LogP contribution in [0, 0.1) is 0 Å². The van der Waals surface area contributed by atoms with Crippen LogP contribution in [-0.2, 0) is 0 Å². The van der Waals surface area contributed by atoms with E-state index in [0.717, 1.165) is 6.42 Å². The Kier molecular flexibility index (Phi) is 5.09. The number of anilines is 4. The van der Waals surface area contributed by atoms with Crippen LogP contribution in [0.3, 0.4) is 0 Å². The Morgan fingerprint density at radius 3 is 1.62 bits per heavy atom. The summed E-state index contributed by atoms with van der Waals surface area (Å²) in [5.41, 5.74) is 13.2. The summed E-state index contributed by atoms with van der Waals surface area (Å²) in [6.07, 6.45) is 3.48. The molecule has 0 N–H and O–H groups in total. The van der Waals surface area contributed by atoms with Crippen molar-refractivity contribution in [3.8, 4) is 0 Å². The highest BCUT2D eigenvalue weighted by Gasteiger charge is 2.46. The van der Waals surface area contributed by atoms with Crippen LogP contribution >= 0.6 is 0 Å². The molecule has 0 saturated carbocycles. The Morgan fingerprint density at radius 1 is 0.513 bits per heavy atom. The van der Waals surface area contributed by atoms with Crippen molar-refractivity contribution in [2.24, 2.45) is 0 Å². The topological polar surface area (TPSA) is 6.48 Å². The van der Waals surface area contributed by atoms with E-state index in [1.54, 1.807) is 0 Å². The van der Waals surface area contributed by atoms with Crippen molar-refractivity contribution in [1.82, 2.24) is 0 Å². The summed E-state index contributed by atoms with van der Waals surface area (Å²) in [7, 11) is 0. The predicted molar refractivity (Wildman–Crippen MR) is 164 cm³/mol. The van der Waals surface area contributed by atoms with Crippen LogP contribution < -0.4 is 20.7 Å². The number of rotatable bonds is 3. The van der Waals surface area contributed by atoms with Crippen molar-refractivity contribution in [2.75, 3.05) is 9.80 Å². The first-order chi connectivity index (χ1) is 19.4. The number of para-hydroxylation sites is 4. The van der Waals surface area contributed by atoms with Crippen molar-refractivity contribution in [2.45, 2.75) is 12.3 Å². The van der Waals surface area contributed by atoms with E-state index in [0.29, 0.717) is 0 Å². The van der Waals surface area contributed by atoms with Crippen molar-refractivity contribution in [3.05, 3.63) is 168 Å². The third-order valence-corrected chi connectivity index (χ3v) is 8.39. The maximum absolute atomic E-state index is 2.53. The minimum absolute atomic E-state index is 0.190. The molecule has 2 aliphatic heterocycles. The second-order valence-electron chi connectivity index (χ2n) is 10.5. The Balaban J connectivity index is 1.47. The quantitative estimate of drug-likeness (QED) is 0.238. The lowest BCUT2D eigenvalue weighted by molar-refractivity contribution is 0.773. The first-order valence-electron chi connectivity index (χ1n) is 13.8. The van der Waals surface area contributed by atoms with E-state index in [2.05, 4.69) is 155 Å². The van der Waals surface area contributed by atoms with Gasteiger partial charge in [0.15, 0.2) is 0 Å². The fraction of sp³-hybridized carbons (Fsp3) is 0.0556. The molecule has 8 rings (SSSR count). The van der Waals surface area contributed by atoms with Crippen LogP contribution in [0.25, 0.3) is 0 Å². The molecule has 3 heteroatoms. The van der Waals surface area contributed by atoms with Gasteiger partial charge in [0.1, 0.15) is 0 Å². The van der Waals surface area contributed by atoms with E-state index in [9.17, 15) is 0 Å². The molecule has 5 aromatic carbocycles. The number of nitrogens with zero attached hydrogens (tertiary/aromatic N) is 2. The maximum atomic E-state index is 2.53. The number of allylic oxidation sites excluding steroid dienone is 3. The Morgan fingerprint density at radius 2 is 1.00 bits per heavy atom. The zero-order chi connectivity index (χ0) is 25.8. The summed E-state index contributed by atoms with van der Waals surface area (Å²) in [6.45, 7) is 0.190. The molecule has 0 saturated heterocycles. The average molecular weight is 498 g/mol. The SMILES string of the molecule is C1=C2C3=C(CC1c1ccccc1)N(c1ccccc1)c1ccccc1B3c1ccccc1N2c1ccccc1. The molecule has 0 bridgehead atoms. The van der Waals surface area contributed by atoms with Gasteiger partial charge in [-0.1, -0.05) is 109 Å². The number of fused-ring (bicyclic) bond motifs is 4. The van der Waals surface area contributed by atoms with E-state index >= 15 is 0 Å². The summed E-state index contributed by atoms with van der Waals surface area (Å²) in [5, 5.41) is 0. The van der Waals surface area contributed by atoms with E-state index in [-0.39, 0.29) is 12.6 Å². The molecule has 0 radical (unpaired) electrons. The molecular formula is C36H27BN2. The molecule has 1 atom stereocenters. The lowest BCUT2D eigenvalue weighted by atomic mass is 9.32.